The van der Waals surface area contributed by atoms with Crippen LogP contribution in [0.3, 0.4) is 0 Å². The number of halogens is 1. The highest BCUT2D eigenvalue weighted by Gasteiger charge is 2.39. The van der Waals surface area contributed by atoms with E-state index in [1.54, 1.807) is 25.1 Å². The van der Waals surface area contributed by atoms with Crippen molar-refractivity contribution in [2.75, 3.05) is 11.9 Å². The van der Waals surface area contributed by atoms with Crippen molar-refractivity contribution in [1.82, 2.24) is 4.90 Å². The van der Waals surface area contributed by atoms with E-state index in [-0.39, 0.29) is 13.0 Å². The number of aryl methyl sites for hydroxylation is 1. The third-order valence-corrected chi connectivity index (χ3v) is 3.59. The number of β-amino-alcohol motifs (C(OH)–C–C–N with tert-alkyl or cyclic N) is 1. The number of urea groups is 1. The van der Waals surface area contributed by atoms with Gasteiger partial charge in [0, 0.05) is 13.0 Å². The number of aliphatic hydroxyl groups is 1. The molecule has 1 aliphatic heterocycles. The number of benzene rings is 1. The highest BCUT2D eigenvalue weighted by atomic mass is 35.5. The number of likely N-dealkylation sites (tertiary alicyclic amines) is 1. The van der Waals surface area contributed by atoms with E-state index in [0.717, 1.165) is 10.5 Å². The predicted molar refractivity (Wildman–Crippen MR) is 74.0 cm³/mol. The molecule has 1 aromatic rings. The van der Waals surface area contributed by atoms with Crippen molar-refractivity contribution in [1.29, 1.82) is 0 Å². The summed E-state index contributed by atoms with van der Waals surface area (Å²) < 4.78 is 0. The molecule has 7 heteroatoms. The van der Waals surface area contributed by atoms with Crippen molar-refractivity contribution >= 4 is 29.3 Å². The van der Waals surface area contributed by atoms with E-state index in [2.05, 4.69) is 5.32 Å². The first-order valence-electron chi connectivity index (χ1n) is 6.13. The molecule has 0 radical (unpaired) electrons. The third kappa shape index (κ3) is 2.86. The molecular formula is C13H15ClN2O4. The maximum absolute atomic E-state index is 12.2. The maximum atomic E-state index is 12.2. The van der Waals surface area contributed by atoms with Gasteiger partial charge < -0.3 is 20.4 Å². The summed E-state index contributed by atoms with van der Waals surface area (Å²) in [5.41, 5.74) is 1.22. The Morgan fingerprint density at radius 2 is 2.15 bits per heavy atom. The number of hydrogen-bond acceptors (Lipinski definition) is 3. The summed E-state index contributed by atoms with van der Waals surface area (Å²) in [7, 11) is 0. The van der Waals surface area contributed by atoms with E-state index < -0.39 is 24.1 Å². The van der Waals surface area contributed by atoms with Crippen LogP contribution in [0.4, 0.5) is 10.5 Å². The molecule has 108 valence electrons. The molecule has 1 aliphatic rings. The smallest absolute Gasteiger partial charge is 0.326 e. The predicted octanol–water partition coefficient (Wildman–Crippen LogP) is 1.70. The van der Waals surface area contributed by atoms with Crippen LogP contribution in [0.15, 0.2) is 18.2 Å². The van der Waals surface area contributed by atoms with Crippen LogP contribution in [0, 0.1) is 6.92 Å². The second-order valence-corrected chi connectivity index (χ2v) is 5.17. The number of carboxylic acid groups (broad SMARTS) is 1. The number of anilines is 1. The minimum Gasteiger partial charge on any atom is -0.480 e. The van der Waals surface area contributed by atoms with Crippen LogP contribution in [-0.4, -0.2) is 45.8 Å². The monoisotopic (exact) mass is 298 g/mol. The van der Waals surface area contributed by atoms with Gasteiger partial charge in [0.05, 0.1) is 16.8 Å². The van der Waals surface area contributed by atoms with Crippen molar-refractivity contribution in [3.63, 3.8) is 0 Å². The van der Waals surface area contributed by atoms with Gasteiger partial charge in [0.15, 0.2) is 0 Å². The number of aliphatic carboxylic acids is 1. The van der Waals surface area contributed by atoms with Crippen molar-refractivity contribution in [2.24, 2.45) is 0 Å². The molecule has 1 fully saturated rings. The molecule has 2 atom stereocenters. The molecule has 0 aromatic heterocycles. The molecular weight excluding hydrogens is 284 g/mol. The van der Waals surface area contributed by atoms with Crippen molar-refractivity contribution < 1.29 is 19.8 Å². The Kier molecular flexibility index (Phi) is 4.15. The molecule has 1 saturated heterocycles. The third-order valence-electron chi connectivity index (χ3n) is 3.28. The van der Waals surface area contributed by atoms with E-state index in [1.807, 2.05) is 0 Å². The molecule has 1 aromatic carbocycles. The summed E-state index contributed by atoms with van der Waals surface area (Å²) in [6.45, 7) is 1.78. The molecule has 3 N–H and O–H groups in total. The highest BCUT2D eigenvalue weighted by molar-refractivity contribution is 6.33. The summed E-state index contributed by atoms with van der Waals surface area (Å²) in [4.78, 5) is 24.4. The second kappa shape index (κ2) is 5.68. The number of nitrogens with zero attached hydrogens (tertiary/aromatic N) is 1. The normalized spacial score (nSPS) is 21.9. The highest BCUT2D eigenvalue weighted by Crippen LogP contribution is 2.27. The van der Waals surface area contributed by atoms with Crippen molar-refractivity contribution in [3.05, 3.63) is 28.8 Å². The topological polar surface area (TPSA) is 89.9 Å². The summed E-state index contributed by atoms with van der Waals surface area (Å²) in [6, 6.07) is 3.58. The molecule has 0 bridgehead atoms. The number of nitrogens with one attached hydrogen (secondary N) is 1. The van der Waals surface area contributed by atoms with Gasteiger partial charge in [-0.15, -0.1) is 0 Å². The van der Waals surface area contributed by atoms with Crippen molar-refractivity contribution in [2.45, 2.75) is 25.5 Å². The van der Waals surface area contributed by atoms with E-state index in [1.165, 1.54) is 0 Å². The SMILES string of the molecule is Cc1cccc(Cl)c1NC(=O)N1C[C@H](O)C[C@H]1C(=O)O. The minimum absolute atomic E-state index is 0.00764. The van der Waals surface area contributed by atoms with Crippen LogP contribution < -0.4 is 5.32 Å². The first kappa shape index (κ1) is 14.6. The zero-order chi connectivity index (χ0) is 14.9. The van der Waals surface area contributed by atoms with Gasteiger partial charge in [-0.25, -0.2) is 9.59 Å². The fourth-order valence-electron chi connectivity index (χ4n) is 2.24. The number of rotatable bonds is 2. The lowest BCUT2D eigenvalue weighted by molar-refractivity contribution is -0.141. The number of carbonyl (C=O) groups excluding carboxylic acids is 1. The van der Waals surface area contributed by atoms with E-state index in [4.69, 9.17) is 16.7 Å². The number of carboxylic acids is 1. The minimum atomic E-state index is -1.13. The summed E-state index contributed by atoms with van der Waals surface area (Å²) >= 11 is 6.01. The molecule has 0 unspecified atom stereocenters. The van der Waals surface area contributed by atoms with Crippen LogP contribution in [-0.2, 0) is 4.79 Å². The van der Waals surface area contributed by atoms with Crippen LogP contribution in [0.2, 0.25) is 5.02 Å². The Balaban J connectivity index is 2.18. The van der Waals surface area contributed by atoms with Gasteiger partial charge >= 0.3 is 12.0 Å². The molecule has 1 heterocycles. The summed E-state index contributed by atoms with van der Waals surface area (Å²) in [6.07, 6.45) is -0.793. The molecule has 6 nitrogen and oxygen atoms in total. The molecule has 2 rings (SSSR count). The Labute approximate surface area is 121 Å². The average Bonchev–Trinajstić information content (AvgIpc) is 2.76. The lowest BCUT2D eigenvalue weighted by atomic mass is 10.2. The zero-order valence-electron chi connectivity index (χ0n) is 10.8. The lowest BCUT2D eigenvalue weighted by Crippen LogP contribution is -2.43. The Bertz CT molecular complexity index is 529. The number of para-hydroxylation sites is 1. The largest absolute Gasteiger partial charge is 0.480 e. The number of carbonyl (C=O) groups is 2. The zero-order valence-corrected chi connectivity index (χ0v) is 11.6. The standard InChI is InChI=1S/C13H15ClN2O4/c1-7-3-2-4-9(14)11(7)15-13(20)16-6-8(17)5-10(16)12(18)19/h2-4,8,10,17H,5-6H2,1H3,(H,15,20)(H,18,19)/t8-,10+/m1/s1. The fraction of sp³-hybridized carbons (Fsp3) is 0.385. The number of amides is 2. The molecule has 0 aliphatic carbocycles. The van der Waals surface area contributed by atoms with E-state index in [9.17, 15) is 14.7 Å². The van der Waals surface area contributed by atoms with Crippen LogP contribution >= 0.6 is 11.6 Å². The average molecular weight is 299 g/mol. The lowest BCUT2D eigenvalue weighted by Gasteiger charge is -2.22. The maximum Gasteiger partial charge on any atom is 0.326 e. The quantitative estimate of drug-likeness (QED) is 0.775. The van der Waals surface area contributed by atoms with Crippen molar-refractivity contribution in [3.8, 4) is 0 Å². The first-order valence-corrected chi connectivity index (χ1v) is 6.51. The summed E-state index contributed by atoms with van der Waals surface area (Å²) in [5, 5.41) is 21.6. The Morgan fingerprint density at radius 3 is 2.75 bits per heavy atom. The van der Waals surface area contributed by atoms with Gasteiger partial charge in [0.25, 0.3) is 0 Å². The Morgan fingerprint density at radius 1 is 1.45 bits per heavy atom. The van der Waals surface area contributed by atoms with Gasteiger partial charge in [-0.2, -0.15) is 0 Å². The first-order chi connectivity index (χ1) is 9.40. The Hall–Kier alpha value is -1.79. The fourth-order valence-corrected chi connectivity index (χ4v) is 2.51. The van der Waals surface area contributed by atoms with Gasteiger partial charge in [-0.3, -0.25) is 0 Å². The second-order valence-electron chi connectivity index (χ2n) is 4.76. The van der Waals surface area contributed by atoms with Crippen LogP contribution in [0.5, 0.6) is 0 Å². The molecule has 0 saturated carbocycles. The summed E-state index contributed by atoms with van der Waals surface area (Å²) in [5.74, 6) is -1.13. The number of hydrogen-bond donors (Lipinski definition) is 3. The van der Waals surface area contributed by atoms with Gasteiger partial charge in [0.2, 0.25) is 0 Å². The van der Waals surface area contributed by atoms with E-state index in [0.29, 0.717) is 10.7 Å². The van der Waals surface area contributed by atoms with Gasteiger partial charge in [-0.1, -0.05) is 23.7 Å². The van der Waals surface area contributed by atoms with Gasteiger partial charge in [0.1, 0.15) is 6.04 Å². The molecule has 20 heavy (non-hydrogen) atoms. The van der Waals surface area contributed by atoms with Crippen LogP contribution in [0.1, 0.15) is 12.0 Å². The molecule has 0 spiro atoms. The van der Waals surface area contributed by atoms with Gasteiger partial charge in [-0.05, 0) is 18.6 Å². The number of aliphatic hydroxyl groups excluding tert-OH is 1. The molecule has 2 amide bonds. The van der Waals surface area contributed by atoms with Crippen LogP contribution in [0.25, 0.3) is 0 Å². The van der Waals surface area contributed by atoms with E-state index >= 15 is 0 Å².